The molecule has 1 amide bonds. The Hall–Kier alpha value is -1.91. The van der Waals surface area contributed by atoms with E-state index >= 15 is 0 Å². The van der Waals surface area contributed by atoms with Crippen LogP contribution in [0.25, 0.3) is 5.65 Å². The van der Waals surface area contributed by atoms with Crippen LogP contribution < -0.4 is 0 Å². The number of aromatic nitrogens is 3. The minimum absolute atomic E-state index is 0.0601. The molecule has 0 spiro atoms. The first kappa shape index (κ1) is 12.1. The summed E-state index contributed by atoms with van der Waals surface area (Å²) < 4.78 is 1.65. The monoisotopic (exact) mass is 258 g/mol. The molecule has 1 aliphatic rings. The molecule has 0 bridgehead atoms. The lowest BCUT2D eigenvalue weighted by molar-refractivity contribution is 0.0703. The van der Waals surface area contributed by atoms with Gasteiger partial charge in [0.15, 0.2) is 5.65 Å². The molecule has 0 saturated carbocycles. The van der Waals surface area contributed by atoms with Crippen molar-refractivity contribution in [2.24, 2.45) is 5.92 Å². The average molecular weight is 258 g/mol. The first-order valence-electron chi connectivity index (χ1n) is 6.78. The molecular weight excluding hydrogens is 240 g/mol. The van der Waals surface area contributed by atoms with E-state index in [1.54, 1.807) is 23.0 Å². The lowest BCUT2D eigenvalue weighted by Gasteiger charge is -2.27. The molecule has 3 heterocycles. The molecular formula is C14H18N4O. The summed E-state index contributed by atoms with van der Waals surface area (Å²) in [5, 5.41) is 4.19. The van der Waals surface area contributed by atoms with Crippen molar-refractivity contribution < 1.29 is 4.79 Å². The number of fused-ring (bicyclic) bond motifs is 1. The Morgan fingerprint density at radius 1 is 1.47 bits per heavy atom. The zero-order valence-electron chi connectivity index (χ0n) is 11.3. The Labute approximate surface area is 112 Å². The number of nitrogens with zero attached hydrogens (tertiary/aromatic N) is 4. The van der Waals surface area contributed by atoms with Crippen molar-refractivity contribution in [1.82, 2.24) is 19.5 Å². The molecule has 0 N–H and O–H groups in total. The van der Waals surface area contributed by atoms with E-state index in [9.17, 15) is 4.79 Å². The van der Waals surface area contributed by atoms with Gasteiger partial charge in [0.25, 0.3) is 5.91 Å². The van der Waals surface area contributed by atoms with Crippen molar-refractivity contribution in [3.8, 4) is 0 Å². The van der Waals surface area contributed by atoms with Gasteiger partial charge in [0, 0.05) is 25.0 Å². The van der Waals surface area contributed by atoms with E-state index < -0.39 is 0 Å². The fraction of sp³-hybridized carbons (Fsp3) is 0.500. The van der Waals surface area contributed by atoms with E-state index in [-0.39, 0.29) is 5.91 Å². The predicted molar refractivity (Wildman–Crippen MR) is 71.9 cm³/mol. The van der Waals surface area contributed by atoms with Crippen molar-refractivity contribution >= 4 is 11.6 Å². The second-order valence-corrected chi connectivity index (χ2v) is 5.40. The van der Waals surface area contributed by atoms with E-state index in [1.165, 1.54) is 0 Å². The molecule has 19 heavy (non-hydrogen) atoms. The average Bonchev–Trinajstić information content (AvgIpc) is 3.05. The third-order valence-electron chi connectivity index (χ3n) is 3.84. The van der Waals surface area contributed by atoms with Crippen LogP contribution in [0.5, 0.6) is 0 Å². The first-order valence-corrected chi connectivity index (χ1v) is 6.78. The van der Waals surface area contributed by atoms with E-state index in [0.717, 1.165) is 19.4 Å². The smallest absolute Gasteiger partial charge is 0.259 e. The van der Waals surface area contributed by atoms with Gasteiger partial charge in [0.05, 0.1) is 6.20 Å². The van der Waals surface area contributed by atoms with Gasteiger partial charge >= 0.3 is 0 Å². The number of hydrogen-bond donors (Lipinski definition) is 0. The van der Waals surface area contributed by atoms with Crippen LogP contribution in [-0.4, -0.2) is 38.0 Å². The topological polar surface area (TPSA) is 50.5 Å². The van der Waals surface area contributed by atoms with Crippen LogP contribution in [0.2, 0.25) is 0 Å². The van der Waals surface area contributed by atoms with Gasteiger partial charge in [-0.2, -0.15) is 5.10 Å². The van der Waals surface area contributed by atoms with Crippen LogP contribution >= 0.6 is 0 Å². The van der Waals surface area contributed by atoms with Crippen molar-refractivity contribution in [2.75, 3.05) is 6.54 Å². The summed E-state index contributed by atoms with van der Waals surface area (Å²) in [6, 6.07) is 2.15. The van der Waals surface area contributed by atoms with Gasteiger partial charge in [-0.25, -0.2) is 9.50 Å². The summed E-state index contributed by atoms with van der Waals surface area (Å²) >= 11 is 0. The molecule has 1 saturated heterocycles. The third kappa shape index (κ3) is 1.99. The number of amides is 1. The number of carbonyl (C=O) groups is 1. The Bertz CT molecular complexity index is 604. The maximum atomic E-state index is 12.7. The minimum atomic E-state index is 0.0601. The lowest BCUT2D eigenvalue weighted by Crippen LogP contribution is -2.38. The van der Waals surface area contributed by atoms with Crippen molar-refractivity contribution in [3.63, 3.8) is 0 Å². The van der Waals surface area contributed by atoms with Gasteiger partial charge in [0.2, 0.25) is 0 Å². The van der Waals surface area contributed by atoms with Crippen molar-refractivity contribution in [1.29, 1.82) is 0 Å². The first-order chi connectivity index (χ1) is 9.18. The fourth-order valence-corrected chi connectivity index (χ4v) is 2.87. The maximum Gasteiger partial charge on any atom is 0.259 e. The van der Waals surface area contributed by atoms with Crippen molar-refractivity contribution in [2.45, 2.75) is 32.7 Å². The summed E-state index contributed by atoms with van der Waals surface area (Å²) in [5.41, 5.74) is 1.25. The Balaban J connectivity index is 1.95. The minimum Gasteiger partial charge on any atom is -0.335 e. The highest BCUT2D eigenvalue weighted by Gasteiger charge is 2.32. The number of carbonyl (C=O) groups excluding carboxylic acids is 1. The van der Waals surface area contributed by atoms with Crippen LogP contribution in [-0.2, 0) is 0 Å². The molecule has 1 aliphatic heterocycles. The van der Waals surface area contributed by atoms with Crippen LogP contribution in [0.1, 0.15) is 37.0 Å². The molecule has 5 heteroatoms. The van der Waals surface area contributed by atoms with Crippen LogP contribution in [0.4, 0.5) is 0 Å². The Kier molecular flexibility index (Phi) is 2.97. The van der Waals surface area contributed by atoms with Gasteiger partial charge in [0.1, 0.15) is 5.56 Å². The standard InChI is InChI=1S/C14H18N4O/c1-10(2)12-5-3-7-17(12)14(19)11-9-16-18-8-4-6-15-13(11)18/h4,6,8-10,12H,3,5,7H2,1-2H3/t12-/m0/s1. The molecule has 1 atom stereocenters. The van der Waals surface area contributed by atoms with E-state index in [0.29, 0.717) is 23.2 Å². The third-order valence-corrected chi connectivity index (χ3v) is 3.84. The fourth-order valence-electron chi connectivity index (χ4n) is 2.87. The lowest BCUT2D eigenvalue weighted by atomic mass is 10.0. The molecule has 3 rings (SSSR count). The van der Waals surface area contributed by atoms with E-state index in [4.69, 9.17) is 0 Å². The highest BCUT2D eigenvalue weighted by molar-refractivity contribution is 5.99. The van der Waals surface area contributed by atoms with E-state index in [2.05, 4.69) is 23.9 Å². The number of hydrogen-bond acceptors (Lipinski definition) is 3. The molecule has 0 radical (unpaired) electrons. The molecule has 0 aliphatic carbocycles. The molecule has 0 aromatic carbocycles. The van der Waals surface area contributed by atoms with Gasteiger partial charge in [-0.1, -0.05) is 13.8 Å². The molecule has 0 unspecified atom stereocenters. The van der Waals surface area contributed by atoms with Gasteiger partial charge < -0.3 is 4.90 Å². The van der Waals surface area contributed by atoms with Crippen molar-refractivity contribution in [3.05, 3.63) is 30.2 Å². The summed E-state index contributed by atoms with van der Waals surface area (Å²) in [6.07, 6.45) is 7.30. The number of rotatable bonds is 2. The van der Waals surface area contributed by atoms with Crippen LogP contribution in [0.3, 0.4) is 0 Å². The quantitative estimate of drug-likeness (QED) is 0.827. The normalized spacial score (nSPS) is 19.5. The molecule has 5 nitrogen and oxygen atoms in total. The highest BCUT2D eigenvalue weighted by Crippen LogP contribution is 2.26. The predicted octanol–water partition coefficient (Wildman–Crippen LogP) is 1.99. The number of likely N-dealkylation sites (tertiary alicyclic amines) is 1. The highest BCUT2D eigenvalue weighted by atomic mass is 16.2. The Morgan fingerprint density at radius 2 is 2.32 bits per heavy atom. The summed E-state index contributed by atoms with van der Waals surface area (Å²) in [4.78, 5) is 18.9. The molecule has 100 valence electrons. The second-order valence-electron chi connectivity index (χ2n) is 5.40. The Morgan fingerprint density at radius 3 is 3.11 bits per heavy atom. The zero-order chi connectivity index (χ0) is 13.4. The largest absolute Gasteiger partial charge is 0.335 e. The van der Waals surface area contributed by atoms with Gasteiger partial charge in [-0.3, -0.25) is 4.79 Å². The SMILES string of the molecule is CC(C)[C@@H]1CCCN1C(=O)c1cnn2cccnc12. The van der Waals surface area contributed by atoms with Gasteiger partial charge in [-0.15, -0.1) is 0 Å². The summed E-state index contributed by atoms with van der Waals surface area (Å²) in [6.45, 7) is 5.18. The zero-order valence-corrected chi connectivity index (χ0v) is 11.3. The van der Waals surface area contributed by atoms with Crippen LogP contribution in [0.15, 0.2) is 24.7 Å². The molecule has 2 aromatic rings. The molecule has 2 aromatic heterocycles. The van der Waals surface area contributed by atoms with Crippen LogP contribution in [0, 0.1) is 5.92 Å². The maximum absolute atomic E-state index is 12.7. The summed E-state index contributed by atoms with van der Waals surface area (Å²) in [7, 11) is 0. The van der Waals surface area contributed by atoms with Gasteiger partial charge in [-0.05, 0) is 24.8 Å². The van der Waals surface area contributed by atoms with E-state index in [1.807, 2.05) is 11.1 Å². The second kappa shape index (κ2) is 4.64. The molecule has 1 fully saturated rings. The summed E-state index contributed by atoms with van der Waals surface area (Å²) in [5.74, 6) is 0.547.